The van der Waals surface area contributed by atoms with Gasteiger partial charge >= 0.3 is 0 Å². The van der Waals surface area contributed by atoms with Gasteiger partial charge in [-0.3, -0.25) is 4.79 Å². The SMILES string of the molecule is COC(C)(C)CC(=O)NC1(C(N)=NO)CCCCCCC1. The number of carbonyl (C=O) groups excluding carboxylic acids is 1. The lowest BCUT2D eigenvalue weighted by Gasteiger charge is -2.36. The first-order chi connectivity index (χ1) is 9.85. The lowest BCUT2D eigenvalue weighted by molar-refractivity contribution is -0.127. The molecule has 0 spiro atoms. The Labute approximate surface area is 127 Å². The summed E-state index contributed by atoms with van der Waals surface area (Å²) in [5.74, 6) is -0.0259. The number of carbonyl (C=O) groups is 1. The van der Waals surface area contributed by atoms with Crippen LogP contribution in [-0.2, 0) is 9.53 Å². The smallest absolute Gasteiger partial charge is 0.223 e. The topological polar surface area (TPSA) is 96.9 Å². The Hall–Kier alpha value is -1.30. The largest absolute Gasteiger partial charge is 0.409 e. The fourth-order valence-corrected chi connectivity index (χ4v) is 2.82. The summed E-state index contributed by atoms with van der Waals surface area (Å²) in [5, 5.41) is 15.3. The van der Waals surface area contributed by atoms with E-state index in [1.165, 1.54) is 6.42 Å². The van der Waals surface area contributed by atoms with Gasteiger partial charge in [-0.2, -0.15) is 0 Å². The molecule has 0 radical (unpaired) electrons. The molecule has 0 aromatic rings. The number of amidine groups is 1. The summed E-state index contributed by atoms with van der Waals surface area (Å²) in [4.78, 5) is 12.3. The fraction of sp³-hybridized carbons (Fsp3) is 0.867. The second kappa shape index (κ2) is 7.64. The highest BCUT2D eigenvalue weighted by molar-refractivity contribution is 5.94. The van der Waals surface area contributed by atoms with Crippen LogP contribution in [0.5, 0.6) is 0 Å². The van der Waals surface area contributed by atoms with E-state index < -0.39 is 11.1 Å². The van der Waals surface area contributed by atoms with Gasteiger partial charge < -0.3 is 21.0 Å². The molecule has 4 N–H and O–H groups in total. The standard InChI is InChI=1S/C15H29N3O3/c1-14(2,21-3)11-12(19)17-15(13(16)18-20)9-7-5-4-6-8-10-15/h20H,4-11H2,1-3H3,(H2,16,18)(H,17,19). The number of nitrogens with two attached hydrogens (primary N) is 1. The molecule has 1 aliphatic rings. The van der Waals surface area contributed by atoms with Crippen molar-refractivity contribution >= 4 is 11.7 Å². The molecule has 1 saturated carbocycles. The number of ether oxygens (including phenoxy) is 1. The second-order valence-electron chi connectivity index (χ2n) is 6.52. The Kier molecular flexibility index (Phi) is 6.45. The molecule has 6 nitrogen and oxygen atoms in total. The van der Waals surface area contributed by atoms with Gasteiger partial charge in [0.25, 0.3) is 0 Å². The molecule has 0 aliphatic heterocycles. The van der Waals surface area contributed by atoms with Crippen LogP contribution in [0.15, 0.2) is 5.16 Å². The molecule has 122 valence electrons. The third kappa shape index (κ3) is 5.19. The molecule has 21 heavy (non-hydrogen) atoms. The number of amides is 1. The van der Waals surface area contributed by atoms with Crippen LogP contribution < -0.4 is 11.1 Å². The number of oxime groups is 1. The van der Waals surface area contributed by atoms with E-state index in [4.69, 9.17) is 15.7 Å². The van der Waals surface area contributed by atoms with E-state index >= 15 is 0 Å². The molecule has 0 unspecified atom stereocenters. The maximum Gasteiger partial charge on any atom is 0.223 e. The molecule has 6 heteroatoms. The van der Waals surface area contributed by atoms with Gasteiger partial charge in [0.2, 0.25) is 5.91 Å². The number of methoxy groups -OCH3 is 1. The van der Waals surface area contributed by atoms with E-state index in [0.717, 1.165) is 25.7 Å². The Morgan fingerprint density at radius 3 is 2.29 bits per heavy atom. The molecule has 0 bridgehead atoms. The van der Waals surface area contributed by atoms with Crippen molar-refractivity contribution in [2.24, 2.45) is 10.9 Å². The van der Waals surface area contributed by atoms with Crippen LogP contribution in [0.4, 0.5) is 0 Å². The van der Waals surface area contributed by atoms with E-state index in [-0.39, 0.29) is 18.2 Å². The molecule has 1 fully saturated rings. The maximum absolute atomic E-state index is 12.3. The molecule has 0 aromatic heterocycles. The van der Waals surface area contributed by atoms with Gasteiger partial charge in [-0.1, -0.05) is 37.3 Å². The van der Waals surface area contributed by atoms with Gasteiger partial charge in [0.15, 0.2) is 5.84 Å². The lowest BCUT2D eigenvalue weighted by atomic mass is 9.82. The first-order valence-electron chi connectivity index (χ1n) is 7.69. The van der Waals surface area contributed by atoms with Gasteiger partial charge in [-0.15, -0.1) is 0 Å². The minimum absolute atomic E-state index is 0.105. The average Bonchev–Trinajstić information content (AvgIpc) is 2.40. The van der Waals surface area contributed by atoms with Crippen molar-refractivity contribution in [3.8, 4) is 0 Å². The molecular formula is C15H29N3O3. The molecule has 1 rings (SSSR count). The number of hydrogen-bond acceptors (Lipinski definition) is 4. The third-order valence-electron chi connectivity index (χ3n) is 4.32. The maximum atomic E-state index is 12.3. The van der Waals surface area contributed by atoms with E-state index in [1.807, 2.05) is 13.8 Å². The molecule has 1 aliphatic carbocycles. The summed E-state index contributed by atoms with van der Waals surface area (Å²) in [7, 11) is 1.59. The number of rotatable bonds is 5. The summed E-state index contributed by atoms with van der Waals surface area (Å²) in [6.07, 6.45) is 7.01. The Morgan fingerprint density at radius 2 is 1.81 bits per heavy atom. The predicted octanol–water partition coefficient (Wildman–Crippen LogP) is 2.15. The van der Waals surface area contributed by atoms with Gasteiger partial charge in [-0.25, -0.2) is 0 Å². The molecule has 0 heterocycles. The third-order valence-corrected chi connectivity index (χ3v) is 4.32. The minimum Gasteiger partial charge on any atom is -0.409 e. The predicted molar refractivity (Wildman–Crippen MR) is 82.3 cm³/mol. The average molecular weight is 299 g/mol. The second-order valence-corrected chi connectivity index (χ2v) is 6.52. The van der Waals surface area contributed by atoms with Gasteiger partial charge in [0.05, 0.1) is 12.0 Å². The first kappa shape index (κ1) is 17.8. The summed E-state index contributed by atoms with van der Waals surface area (Å²) < 4.78 is 5.29. The van der Waals surface area contributed by atoms with Crippen LogP contribution in [0.25, 0.3) is 0 Å². The quantitative estimate of drug-likeness (QED) is 0.313. The van der Waals surface area contributed by atoms with Crippen molar-refractivity contribution in [3.63, 3.8) is 0 Å². The molecule has 1 amide bonds. The molecular weight excluding hydrogens is 270 g/mol. The zero-order valence-corrected chi connectivity index (χ0v) is 13.4. The summed E-state index contributed by atoms with van der Waals surface area (Å²) in [6.45, 7) is 3.72. The van der Waals surface area contributed by atoms with Crippen molar-refractivity contribution in [3.05, 3.63) is 0 Å². The highest BCUT2D eigenvalue weighted by Crippen LogP contribution is 2.27. The summed E-state index contributed by atoms with van der Waals surface area (Å²) >= 11 is 0. The number of nitrogens with zero attached hydrogens (tertiary/aromatic N) is 1. The summed E-state index contributed by atoms with van der Waals surface area (Å²) in [5.41, 5.74) is 4.65. The van der Waals surface area contributed by atoms with Crippen molar-refractivity contribution in [2.75, 3.05) is 7.11 Å². The van der Waals surface area contributed by atoms with E-state index in [1.54, 1.807) is 7.11 Å². The van der Waals surface area contributed by atoms with Crippen LogP contribution in [-0.4, -0.2) is 35.2 Å². The van der Waals surface area contributed by atoms with Crippen molar-refractivity contribution in [2.45, 2.75) is 76.4 Å². The highest BCUT2D eigenvalue weighted by atomic mass is 16.5. The zero-order chi connectivity index (χ0) is 15.9. The van der Waals surface area contributed by atoms with Crippen molar-refractivity contribution < 1.29 is 14.7 Å². The molecule has 0 atom stereocenters. The highest BCUT2D eigenvalue weighted by Gasteiger charge is 2.37. The van der Waals surface area contributed by atoms with Crippen LogP contribution in [0, 0.1) is 0 Å². The Bertz CT molecular complexity index is 372. The normalized spacial score (nSPS) is 20.4. The zero-order valence-electron chi connectivity index (χ0n) is 13.4. The van der Waals surface area contributed by atoms with Crippen LogP contribution in [0.1, 0.15) is 65.2 Å². The van der Waals surface area contributed by atoms with Gasteiger partial charge in [0.1, 0.15) is 5.54 Å². The van der Waals surface area contributed by atoms with Crippen molar-refractivity contribution in [1.82, 2.24) is 5.32 Å². The minimum atomic E-state index is -0.726. The monoisotopic (exact) mass is 299 g/mol. The van der Waals surface area contributed by atoms with E-state index in [9.17, 15) is 4.79 Å². The molecule has 0 saturated heterocycles. The lowest BCUT2D eigenvalue weighted by Crippen LogP contribution is -2.58. The van der Waals surface area contributed by atoms with Crippen LogP contribution >= 0.6 is 0 Å². The van der Waals surface area contributed by atoms with E-state index in [2.05, 4.69) is 10.5 Å². The van der Waals surface area contributed by atoms with Crippen LogP contribution in [0.2, 0.25) is 0 Å². The van der Waals surface area contributed by atoms with Gasteiger partial charge in [-0.05, 0) is 26.7 Å². The fourth-order valence-electron chi connectivity index (χ4n) is 2.82. The van der Waals surface area contributed by atoms with Crippen molar-refractivity contribution in [1.29, 1.82) is 0 Å². The molecule has 0 aromatic carbocycles. The Balaban J connectivity index is 2.84. The number of hydrogen-bond donors (Lipinski definition) is 3. The number of nitrogens with one attached hydrogen (secondary N) is 1. The van der Waals surface area contributed by atoms with Gasteiger partial charge in [0, 0.05) is 7.11 Å². The van der Waals surface area contributed by atoms with E-state index in [0.29, 0.717) is 12.8 Å². The van der Waals surface area contributed by atoms with Crippen LogP contribution in [0.3, 0.4) is 0 Å². The first-order valence-corrected chi connectivity index (χ1v) is 7.69. The Morgan fingerprint density at radius 1 is 1.29 bits per heavy atom. The summed E-state index contributed by atoms with van der Waals surface area (Å²) in [6, 6.07) is 0.